The highest BCUT2D eigenvalue weighted by Crippen LogP contribution is 2.15. The molecule has 0 aliphatic carbocycles. The van der Waals surface area contributed by atoms with Crippen molar-refractivity contribution in [3.05, 3.63) is 23.9 Å². The predicted octanol–water partition coefficient (Wildman–Crippen LogP) is 2.54. The maximum Gasteiger partial charge on any atom is 0.255 e. The normalized spacial score (nSPS) is 17.7. The number of carbonyl (C=O) groups is 1. The monoisotopic (exact) mass is 291 g/mol. The van der Waals surface area contributed by atoms with Gasteiger partial charge in [0.1, 0.15) is 5.82 Å². The van der Waals surface area contributed by atoms with Crippen LogP contribution in [0.4, 0.5) is 5.82 Å². The molecule has 1 amide bonds. The molecule has 116 valence electrons. The topological polar surface area (TPSA) is 54.5 Å². The summed E-state index contributed by atoms with van der Waals surface area (Å²) < 4.78 is 5.62. The zero-order valence-corrected chi connectivity index (χ0v) is 13.0. The molecule has 21 heavy (non-hydrogen) atoms. The number of nitrogens with zero attached hydrogens (tertiary/aromatic N) is 2. The number of carbonyl (C=O) groups excluding carboxylic acids is 1. The Morgan fingerprint density at radius 2 is 2.33 bits per heavy atom. The van der Waals surface area contributed by atoms with Crippen molar-refractivity contribution >= 4 is 11.7 Å². The van der Waals surface area contributed by atoms with Crippen molar-refractivity contribution in [2.75, 3.05) is 31.6 Å². The smallest absolute Gasteiger partial charge is 0.255 e. The van der Waals surface area contributed by atoms with Gasteiger partial charge < -0.3 is 15.0 Å². The minimum Gasteiger partial charge on any atom is -0.376 e. The second kappa shape index (κ2) is 7.98. The molecule has 2 rings (SSSR count). The van der Waals surface area contributed by atoms with Gasteiger partial charge >= 0.3 is 0 Å². The second-order valence-electron chi connectivity index (χ2n) is 5.34. The number of aromatic nitrogens is 1. The van der Waals surface area contributed by atoms with E-state index in [0.717, 1.165) is 38.2 Å². The van der Waals surface area contributed by atoms with E-state index >= 15 is 0 Å². The molecule has 1 aliphatic heterocycles. The van der Waals surface area contributed by atoms with E-state index in [1.54, 1.807) is 6.20 Å². The molecule has 5 heteroatoms. The fourth-order valence-electron chi connectivity index (χ4n) is 2.45. The van der Waals surface area contributed by atoms with Crippen LogP contribution in [0.15, 0.2) is 18.3 Å². The van der Waals surface area contributed by atoms with E-state index in [1.807, 2.05) is 24.0 Å². The molecule has 0 aromatic carbocycles. The highest BCUT2D eigenvalue weighted by Gasteiger charge is 2.22. The van der Waals surface area contributed by atoms with Crippen molar-refractivity contribution in [1.82, 2.24) is 9.88 Å². The number of likely N-dealkylation sites (N-methyl/N-ethyl adjacent to an activating group) is 1. The molecule has 2 heterocycles. The third-order valence-corrected chi connectivity index (χ3v) is 3.68. The van der Waals surface area contributed by atoms with Crippen molar-refractivity contribution in [1.29, 1.82) is 0 Å². The fourth-order valence-corrected chi connectivity index (χ4v) is 2.45. The molecule has 1 unspecified atom stereocenters. The van der Waals surface area contributed by atoms with Gasteiger partial charge in [0.25, 0.3) is 5.91 Å². The average molecular weight is 291 g/mol. The van der Waals surface area contributed by atoms with Gasteiger partial charge in [0.05, 0.1) is 11.7 Å². The van der Waals surface area contributed by atoms with E-state index in [4.69, 9.17) is 4.74 Å². The maximum atomic E-state index is 12.5. The van der Waals surface area contributed by atoms with E-state index in [-0.39, 0.29) is 12.0 Å². The van der Waals surface area contributed by atoms with Crippen molar-refractivity contribution in [2.45, 2.75) is 39.2 Å². The Kier molecular flexibility index (Phi) is 5.99. The molecule has 1 N–H and O–H groups in total. The molecule has 1 aliphatic rings. The number of hydrogen-bond donors (Lipinski definition) is 1. The van der Waals surface area contributed by atoms with Gasteiger partial charge in [-0.25, -0.2) is 4.98 Å². The lowest BCUT2D eigenvalue weighted by atomic mass is 10.2. The van der Waals surface area contributed by atoms with Crippen LogP contribution < -0.4 is 5.32 Å². The minimum absolute atomic E-state index is 0.0301. The van der Waals surface area contributed by atoms with Crippen LogP contribution in [0.2, 0.25) is 0 Å². The number of amides is 1. The lowest BCUT2D eigenvalue weighted by Crippen LogP contribution is -2.37. The van der Waals surface area contributed by atoms with Gasteiger partial charge in [0.2, 0.25) is 0 Å². The summed E-state index contributed by atoms with van der Waals surface area (Å²) in [5.41, 5.74) is 0.636. The van der Waals surface area contributed by atoms with Gasteiger partial charge in [-0.2, -0.15) is 0 Å². The van der Waals surface area contributed by atoms with Crippen LogP contribution >= 0.6 is 0 Å². The van der Waals surface area contributed by atoms with E-state index in [0.29, 0.717) is 18.7 Å². The minimum atomic E-state index is 0.0301. The van der Waals surface area contributed by atoms with Crippen molar-refractivity contribution < 1.29 is 9.53 Å². The van der Waals surface area contributed by atoms with Crippen LogP contribution in [0, 0.1) is 0 Å². The molecule has 1 saturated heterocycles. The van der Waals surface area contributed by atoms with Crippen molar-refractivity contribution in [3.8, 4) is 0 Å². The maximum absolute atomic E-state index is 12.5. The Labute approximate surface area is 126 Å². The fraction of sp³-hybridized carbons (Fsp3) is 0.625. The number of pyridine rings is 1. The number of hydrogen-bond acceptors (Lipinski definition) is 4. The van der Waals surface area contributed by atoms with Gasteiger partial charge in [-0.3, -0.25) is 4.79 Å². The van der Waals surface area contributed by atoms with Crippen LogP contribution in [0.25, 0.3) is 0 Å². The zero-order chi connectivity index (χ0) is 15.1. The average Bonchev–Trinajstić information content (AvgIpc) is 3.03. The largest absolute Gasteiger partial charge is 0.376 e. The summed E-state index contributed by atoms with van der Waals surface area (Å²) in [6.07, 6.45) is 5.02. The summed E-state index contributed by atoms with van der Waals surface area (Å²) in [7, 11) is 0. The Bertz CT molecular complexity index is 441. The lowest BCUT2D eigenvalue weighted by Gasteiger charge is -2.24. The number of nitrogens with one attached hydrogen (secondary N) is 1. The van der Waals surface area contributed by atoms with Crippen LogP contribution in [0.5, 0.6) is 0 Å². The summed E-state index contributed by atoms with van der Waals surface area (Å²) in [6, 6.07) is 3.70. The van der Waals surface area contributed by atoms with E-state index in [2.05, 4.69) is 17.2 Å². The molecule has 1 aromatic rings. The summed E-state index contributed by atoms with van der Waals surface area (Å²) in [4.78, 5) is 18.6. The van der Waals surface area contributed by atoms with Gasteiger partial charge in [0, 0.05) is 32.4 Å². The molecule has 0 bridgehead atoms. The molecule has 1 atom stereocenters. The third-order valence-electron chi connectivity index (χ3n) is 3.68. The number of rotatable bonds is 7. The van der Waals surface area contributed by atoms with Gasteiger partial charge in [0.15, 0.2) is 0 Å². The first-order valence-corrected chi connectivity index (χ1v) is 7.85. The number of anilines is 1. The molecule has 5 nitrogen and oxygen atoms in total. The predicted molar refractivity (Wildman–Crippen MR) is 83.6 cm³/mol. The Morgan fingerprint density at radius 1 is 1.48 bits per heavy atom. The van der Waals surface area contributed by atoms with Crippen LogP contribution in [0.3, 0.4) is 0 Å². The van der Waals surface area contributed by atoms with Gasteiger partial charge in [-0.05, 0) is 38.3 Å². The first-order chi connectivity index (χ1) is 10.2. The van der Waals surface area contributed by atoms with Gasteiger partial charge in [-0.1, -0.05) is 6.92 Å². The highest BCUT2D eigenvalue weighted by molar-refractivity contribution is 5.94. The molecule has 0 radical (unpaired) electrons. The molecule has 0 spiro atoms. The summed E-state index contributed by atoms with van der Waals surface area (Å²) in [5, 5.41) is 3.21. The first kappa shape index (κ1) is 15.8. The lowest BCUT2D eigenvalue weighted by molar-refractivity contribution is 0.0539. The van der Waals surface area contributed by atoms with E-state index < -0.39 is 0 Å². The third kappa shape index (κ3) is 4.43. The zero-order valence-electron chi connectivity index (χ0n) is 13.0. The molecule has 1 fully saturated rings. The Morgan fingerprint density at radius 3 is 2.90 bits per heavy atom. The summed E-state index contributed by atoms with van der Waals surface area (Å²) in [6.45, 7) is 7.17. The SMILES string of the molecule is CCCNc1ccc(C(=O)N(CC)CC2CCCO2)cn1. The number of ether oxygens (including phenoxy) is 1. The molecule has 0 saturated carbocycles. The Hall–Kier alpha value is -1.62. The van der Waals surface area contributed by atoms with E-state index in [9.17, 15) is 4.79 Å². The van der Waals surface area contributed by atoms with Crippen LogP contribution in [-0.4, -0.2) is 48.1 Å². The second-order valence-corrected chi connectivity index (χ2v) is 5.34. The van der Waals surface area contributed by atoms with Crippen molar-refractivity contribution in [3.63, 3.8) is 0 Å². The quantitative estimate of drug-likeness (QED) is 0.839. The highest BCUT2D eigenvalue weighted by atomic mass is 16.5. The summed E-state index contributed by atoms with van der Waals surface area (Å²) >= 11 is 0. The molecule has 1 aromatic heterocycles. The van der Waals surface area contributed by atoms with Crippen LogP contribution in [-0.2, 0) is 4.74 Å². The van der Waals surface area contributed by atoms with E-state index in [1.165, 1.54) is 0 Å². The molecular weight excluding hydrogens is 266 g/mol. The van der Waals surface area contributed by atoms with Gasteiger partial charge in [-0.15, -0.1) is 0 Å². The first-order valence-electron chi connectivity index (χ1n) is 7.85. The standard InChI is InChI=1S/C16H25N3O2/c1-3-9-17-15-8-7-13(11-18-15)16(20)19(4-2)12-14-6-5-10-21-14/h7-8,11,14H,3-6,9-10,12H2,1-2H3,(H,17,18). The Balaban J connectivity index is 1.96. The summed E-state index contributed by atoms with van der Waals surface area (Å²) in [5.74, 6) is 0.845. The van der Waals surface area contributed by atoms with Crippen molar-refractivity contribution in [2.24, 2.45) is 0 Å². The molecular formula is C16H25N3O2. The van der Waals surface area contributed by atoms with Crippen LogP contribution in [0.1, 0.15) is 43.5 Å².